The molecule has 0 bridgehead atoms. The summed E-state index contributed by atoms with van der Waals surface area (Å²) in [6.45, 7) is 2.70. The number of rotatable bonds is 36. The first-order valence-corrected chi connectivity index (χ1v) is 24.4. The summed E-state index contributed by atoms with van der Waals surface area (Å²) in [6.07, 6.45) is 24.4. The second-order valence-electron chi connectivity index (χ2n) is 17.2. The van der Waals surface area contributed by atoms with Gasteiger partial charge in [0.05, 0.1) is 32.0 Å². The van der Waals surface area contributed by atoms with Crippen LogP contribution in [0.3, 0.4) is 0 Å². The Labute approximate surface area is 378 Å². The third kappa shape index (κ3) is 23.8. The fourth-order valence-corrected chi connectivity index (χ4v) is 7.67. The van der Waals surface area contributed by atoms with Gasteiger partial charge in [-0.25, -0.2) is 0 Å². The minimum Gasteiger partial charge on any atom is -0.394 e. The summed E-state index contributed by atoms with van der Waals surface area (Å²) in [5.74, 6) is -0.267. The second-order valence-corrected chi connectivity index (χ2v) is 17.2. The van der Waals surface area contributed by atoms with Gasteiger partial charge in [0.15, 0.2) is 12.6 Å². The van der Waals surface area contributed by atoms with Crippen LogP contribution in [-0.4, -0.2) is 140 Å². The van der Waals surface area contributed by atoms with Crippen molar-refractivity contribution in [2.45, 2.75) is 235 Å². The summed E-state index contributed by atoms with van der Waals surface area (Å²) >= 11 is 0. The average Bonchev–Trinajstić information content (AvgIpc) is 3.28. The molecule has 0 saturated carbocycles. The van der Waals surface area contributed by atoms with E-state index in [0.717, 1.165) is 64.2 Å². The molecule has 12 atom stereocenters. The van der Waals surface area contributed by atoms with E-state index in [1.54, 1.807) is 6.08 Å². The van der Waals surface area contributed by atoms with Crippen molar-refractivity contribution in [3.63, 3.8) is 0 Å². The summed E-state index contributed by atoms with van der Waals surface area (Å²) in [5, 5.41) is 86.5. The van der Waals surface area contributed by atoms with Gasteiger partial charge in [-0.3, -0.25) is 4.79 Å². The predicted octanol–water partition coefficient (Wildman–Crippen LogP) is 5.71. The lowest BCUT2D eigenvalue weighted by molar-refractivity contribution is -0.359. The maximum Gasteiger partial charge on any atom is 0.220 e. The summed E-state index contributed by atoms with van der Waals surface area (Å²) < 4.78 is 22.6. The second kappa shape index (κ2) is 36.1. The number of hydrogen-bond donors (Lipinski definition) is 9. The number of carbonyl (C=O) groups is 1. The summed E-state index contributed by atoms with van der Waals surface area (Å²) in [5.41, 5.74) is 0. The standard InChI is InChI=1S/C49H87NO13/c1-3-5-7-9-11-13-15-17-18-19-20-21-22-24-26-28-30-32-38(53)37(50-41(54)33-31-29-27-25-23-16-14-12-10-8-6-4-2)36-60-48-46(59)44(57)47(40(35-52)62-48)63-49-45(58)43(56)42(55)39(34-51)61-49/h12,14,18-19,22,24,30,32,37-40,42-49,51-53,55-59H,3-11,13,15-17,20-21,23,25-29,31,33-36H2,1-2H3,(H,50,54)/b14-12-,19-18+,24-22+,32-30+. The quantitative estimate of drug-likeness (QED) is 0.0272. The van der Waals surface area contributed by atoms with Crippen LogP contribution in [0.5, 0.6) is 0 Å². The highest BCUT2D eigenvalue weighted by atomic mass is 16.7. The molecule has 9 N–H and O–H groups in total. The van der Waals surface area contributed by atoms with Crippen LogP contribution >= 0.6 is 0 Å². The molecule has 63 heavy (non-hydrogen) atoms. The zero-order valence-electron chi connectivity index (χ0n) is 38.6. The molecule has 0 aromatic rings. The van der Waals surface area contributed by atoms with E-state index in [2.05, 4.69) is 55.6 Å². The highest BCUT2D eigenvalue weighted by molar-refractivity contribution is 5.76. The van der Waals surface area contributed by atoms with E-state index in [1.807, 2.05) is 6.08 Å². The molecule has 366 valence electrons. The Morgan fingerprint density at radius 1 is 0.556 bits per heavy atom. The molecule has 2 heterocycles. The fourth-order valence-electron chi connectivity index (χ4n) is 7.67. The molecule has 0 aromatic carbocycles. The molecule has 14 heteroatoms. The van der Waals surface area contributed by atoms with Crippen molar-refractivity contribution in [2.75, 3.05) is 19.8 Å². The van der Waals surface area contributed by atoms with E-state index in [0.29, 0.717) is 12.8 Å². The zero-order valence-corrected chi connectivity index (χ0v) is 38.6. The molecule has 12 unspecified atom stereocenters. The van der Waals surface area contributed by atoms with Gasteiger partial charge in [0.25, 0.3) is 0 Å². The predicted molar refractivity (Wildman–Crippen MR) is 244 cm³/mol. The number of ether oxygens (including phenoxy) is 4. The number of aliphatic hydroxyl groups is 8. The molecule has 2 aliphatic rings. The number of unbranched alkanes of at least 4 members (excludes halogenated alkanes) is 17. The van der Waals surface area contributed by atoms with E-state index >= 15 is 0 Å². The number of hydrogen-bond acceptors (Lipinski definition) is 13. The summed E-state index contributed by atoms with van der Waals surface area (Å²) in [4.78, 5) is 13.1. The van der Waals surface area contributed by atoms with Gasteiger partial charge in [0, 0.05) is 6.42 Å². The number of allylic oxidation sites excluding steroid dienone is 7. The zero-order chi connectivity index (χ0) is 46.1. The highest BCUT2D eigenvalue weighted by Gasteiger charge is 2.51. The summed E-state index contributed by atoms with van der Waals surface area (Å²) in [6, 6.07) is -0.940. The van der Waals surface area contributed by atoms with Crippen LogP contribution in [-0.2, 0) is 23.7 Å². The molecule has 0 aliphatic carbocycles. The summed E-state index contributed by atoms with van der Waals surface area (Å²) in [7, 11) is 0. The van der Waals surface area contributed by atoms with E-state index < -0.39 is 86.8 Å². The van der Waals surface area contributed by atoms with Gasteiger partial charge in [-0.05, 0) is 70.6 Å². The SMILES string of the molecule is CCCCC/C=C\CCCCCCCC(=O)NC(COC1OC(CO)C(OC2OC(CO)C(O)C(O)C2O)C(O)C1O)C(O)/C=C/CC/C=C/CC/C=C/CCCCCCCCC. The molecular formula is C49H87NO13. The van der Waals surface area contributed by atoms with Crippen molar-refractivity contribution in [2.24, 2.45) is 0 Å². The lowest BCUT2D eigenvalue weighted by atomic mass is 9.97. The molecule has 2 aliphatic heterocycles. The number of aliphatic hydroxyl groups excluding tert-OH is 8. The van der Waals surface area contributed by atoms with Crippen LogP contribution in [0.25, 0.3) is 0 Å². The monoisotopic (exact) mass is 898 g/mol. The Hall–Kier alpha value is -2.05. The van der Waals surface area contributed by atoms with Gasteiger partial charge in [0.2, 0.25) is 5.91 Å². The van der Waals surface area contributed by atoms with Gasteiger partial charge >= 0.3 is 0 Å². The van der Waals surface area contributed by atoms with E-state index in [-0.39, 0.29) is 18.9 Å². The molecule has 2 saturated heterocycles. The third-order valence-electron chi connectivity index (χ3n) is 11.7. The van der Waals surface area contributed by atoms with Gasteiger partial charge in [-0.15, -0.1) is 0 Å². The van der Waals surface area contributed by atoms with Crippen molar-refractivity contribution < 1.29 is 64.6 Å². The van der Waals surface area contributed by atoms with Crippen molar-refractivity contribution in [3.05, 3.63) is 48.6 Å². The van der Waals surface area contributed by atoms with Gasteiger partial charge < -0.3 is 65.1 Å². The van der Waals surface area contributed by atoms with Crippen molar-refractivity contribution >= 4 is 5.91 Å². The van der Waals surface area contributed by atoms with Crippen LogP contribution in [0.15, 0.2) is 48.6 Å². The molecule has 2 fully saturated rings. The maximum atomic E-state index is 13.1. The van der Waals surface area contributed by atoms with Crippen molar-refractivity contribution in [1.82, 2.24) is 5.32 Å². The normalized spacial score (nSPS) is 27.9. The largest absolute Gasteiger partial charge is 0.394 e. The maximum absolute atomic E-state index is 13.1. The Balaban J connectivity index is 1.91. The molecule has 0 radical (unpaired) electrons. The molecule has 0 spiro atoms. The lowest BCUT2D eigenvalue weighted by Gasteiger charge is -2.46. The van der Waals surface area contributed by atoms with Crippen LogP contribution in [0.4, 0.5) is 0 Å². The number of amides is 1. The fraction of sp³-hybridized carbons (Fsp3) is 0.816. The molecule has 2 rings (SSSR count). The highest BCUT2D eigenvalue weighted by Crippen LogP contribution is 2.30. The Kier molecular flexibility index (Phi) is 32.7. The smallest absolute Gasteiger partial charge is 0.220 e. The molecular weight excluding hydrogens is 811 g/mol. The van der Waals surface area contributed by atoms with E-state index in [4.69, 9.17) is 18.9 Å². The van der Waals surface area contributed by atoms with Gasteiger partial charge in [-0.1, -0.05) is 133 Å². The van der Waals surface area contributed by atoms with Crippen LogP contribution < -0.4 is 5.32 Å². The van der Waals surface area contributed by atoms with Crippen LogP contribution in [0, 0.1) is 0 Å². The topological polar surface area (TPSA) is 228 Å². The van der Waals surface area contributed by atoms with Gasteiger partial charge in [-0.2, -0.15) is 0 Å². The number of nitrogens with one attached hydrogen (secondary N) is 1. The molecule has 1 amide bonds. The van der Waals surface area contributed by atoms with Crippen molar-refractivity contribution in [1.29, 1.82) is 0 Å². The first kappa shape index (κ1) is 57.1. The molecule has 14 nitrogen and oxygen atoms in total. The first-order valence-electron chi connectivity index (χ1n) is 24.4. The Morgan fingerprint density at radius 3 is 1.59 bits per heavy atom. The molecule has 0 aromatic heterocycles. The minimum atomic E-state index is -1.79. The van der Waals surface area contributed by atoms with E-state index in [9.17, 15) is 45.6 Å². The van der Waals surface area contributed by atoms with Crippen LogP contribution in [0.2, 0.25) is 0 Å². The minimum absolute atomic E-state index is 0.258. The number of carbonyl (C=O) groups excluding carboxylic acids is 1. The third-order valence-corrected chi connectivity index (χ3v) is 11.7. The van der Waals surface area contributed by atoms with E-state index in [1.165, 1.54) is 64.2 Å². The van der Waals surface area contributed by atoms with Gasteiger partial charge in [0.1, 0.15) is 48.8 Å². The first-order chi connectivity index (χ1) is 30.6. The van der Waals surface area contributed by atoms with Crippen LogP contribution in [0.1, 0.15) is 162 Å². The average molecular weight is 898 g/mol. The Bertz CT molecular complexity index is 1250. The Morgan fingerprint density at radius 2 is 1.02 bits per heavy atom. The van der Waals surface area contributed by atoms with Crippen molar-refractivity contribution in [3.8, 4) is 0 Å². The lowest BCUT2D eigenvalue weighted by Crippen LogP contribution is -2.65.